The third-order valence-corrected chi connectivity index (χ3v) is 6.88. The summed E-state index contributed by atoms with van der Waals surface area (Å²) in [4.78, 5) is 33.5. The van der Waals surface area contributed by atoms with Crippen LogP contribution in [0.3, 0.4) is 0 Å². The third-order valence-electron chi connectivity index (χ3n) is 6.12. The Hall–Kier alpha value is -2.29. The second-order valence-electron chi connectivity index (χ2n) is 8.44. The van der Waals surface area contributed by atoms with Gasteiger partial charge in [0.1, 0.15) is 6.10 Å². The van der Waals surface area contributed by atoms with Gasteiger partial charge in [0.05, 0.1) is 12.2 Å². The Morgan fingerprint density at radius 1 is 1.13 bits per heavy atom. The molecule has 2 fully saturated rings. The van der Waals surface area contributed by atoms with E-state index in [0.717, 1.165) is 24.1 Å². The van der Waals surface area contributed by atoms with Crippen molar-refractivity contribution in [2.24, 2.45) is 0 Å². The van der Waals surface area contributed by atoms with E-state index >= 15 is 0 Å². The molecule has 1 aromatic heterocycles. The molecule has 0 saturated carbocycles. The molecule has 3 heterocycles. The van der Waals surface area contributed by atoms with Crippen LogP contribution in [0, 0.1) is 20.8 Å². The molecule has 2 saturated heterocycles. The molecule has 8 heteroatoms. The maximum Gasteiger partial charge on any atom is 0.251 e. The number of aryl methyl sites for hydroxylation is 3. The van der Waals surface area contributed by atoms with Crippen LogP contribution in [0.1, 0.15) is 29.5 Å². The number of piperazine rings is 1. The number of aromatic nitrogens is 1. The van der Waals surface area contributed by atoms with Gasteiger partial charge in [0.2, 0.25) is 5.91 Å². The lowest BCUT2D eigenvalue weighted by Crippen LogP contribution is -2.52. The van der Waals surface area contributed by atoms with E-state index in [0.29, 0.717) is 44.5 Å². The van der Waals surface area contributed by atoms with Crippen LogP contribution >= 0.6 is 11.3 Å². The number of carbonyl (C=O) groups excluding carboxylic acids is 2. The van der Waals surface area contributed by atoms with Gasteiger partial charge in [-0.15, -0.1) is 11.3 Å². The number of hydrogen-bond acceptors (Lipinski definition) is 6. The fourth-order valence-electron chi connectivity index (χ4n) is 4.16. The lowest BCUT2D eigenvalue weighted by Gasteiger charge is -2.35. The number of benzene rings is 1. The van der Waals surface area contributed by atoms with Crippen molar-refractivity contribution in [3.05, 3.63) is 34.2 Å². The summed E-state index contributed by atoms with van der Waals surface area (Å²) < 4.78 is 5.50. The molecule has 4 rings (SSSR count). The first-order valence-corrected chi connectivity index (χ1v) is 11.7. The number of nitrogens with one attached hydrogen (secondary N) is 1. The summed E-state index contributed by atoms with van der Waals surface area (Å²) in [5.74, 6) is 0.0233. The van der Waals surface area contributed by atoms with Crippen LogP contribution in [0.2, 0.25) is 0 Å². The van der Waals surface area contributed by atoms with Crippen LogP contribution in [0.15, 0.2) is 17.5 Å². The molecule has 2 amide bonds. The number of carbonyl (C=O) groups is 2. The fourth-order valence-corrected chi connectivity index (χ4v) is 4.88. The third kappa shape index (κ3) is 5.14. The monoisotopic (exact) mass is 442 g/mol. The summed E-state index contributed by atoms with van der Waals surface area (Å²) in [6, 6.07) is 4.33. The van der Waals surface area contributed by atoms with Gasteiger partial charge in [0, 0.05) is 43.7 Å². The van der Waals surface area contributed by atoms with Gasteiger partial charge in [-0.1, -0.05) is 6.07 Å². The highest BCUT2D eigenvalue weighted by molar-refractivity contribution is 7.14. The summed E-state index contributed by atoms with van der Waals surface area (Å²) in [6.07, 6.45) is 1.51. The standard InChI is InChI=1S/C23H30N4O3S/c1-15-11-17(3)18(12-16(15)2)19-14-31-23(24-19)25-21(28)13-26-6-8-27(9-7-26)22(29)20-5-4-10-30-20/h11-12,14,20H,4-10,13H2,1-3H3,(H,24,25,28). The SMILES string of the molecule is Cc1cc(C)c(-c2csc(NC(=O)CN3CCN(C(=O)C4CCCO4)CC3)n2)cc1C. The predicted octanol–water partition coefficient (Wildman–Crippen LogP) is 3.00. The summed E-state index contributed by atoms with van der Waals surface area (Å²) in [5.41, 5.74) is 5.68. The Kier molecular flexibility index (Phi) is 6.69. The first-order chi connectivity index (χ1) is 14.9. The number of amides is 2. The predicted molar refractivity (Wildman–Crippen MR) is 122 cm³/mol. The van der Waals surface area contributed by atoms with E-state index in [1.807, 2.05) is 10.3 Å². The lowest BCUT2D eigenvalue weighted by atomic mass is 9.99. The highest BCUT2D eigenvalue weighted by Crippen LogP contribution is 2.29. The van der Waals surface area contributed by atoms with Gasteiger partial charge in [-0.3, -0.25) is 14.5 Å². The molecule has 7 nitrogen and oxygen atoms in total. The quantitative estimate of drug-likeness (QED) is 0.771. The molecule has 2 aliphatic heterocycles. The van der Waals surface area contributed by atoms with Gasteiger partial charge in [-0.25, -0.2) is 4.98 Å². The summed E-state index contributed by atoms with van der Waals surface area (Å²) >= 11 is 1.44. The van der Waals surface area contributed by atoms with Crippen LogP contribution in [0.4, 0.5) is 5.13 Å². The molecule has 1 atom stereocenters. The largest absolute Gasteiger partial charge is 0.368 e. The molecule has 2 aromatic rings. The smallest absolute Gasteiger partial charge is 0.251 e. The zero-order chi connectivity index (χ0) is 22.0. The molecular formula is C23H30N4O3S. The van der Waals surface area contributed by atoms with Crippen LogP contribution in [-0.2, 0) is 14.3 Å². The number of rotatable bonds is 5. The van der Waals surface area contributed by atoms with E-state index in [2.05, 4.69) is 48.1 Å². The average Bonchev–Trinajstić information content (AvgIpc) is 3.43. The van der Waals surface area contributed by atoms with Crippen LogP contribution < -0.4 is 5.32 Å². The Bertz CT molecular complexity index is 960. The minimum absolute atomic E-state index is 0.0726. The molecule has 166 valence electrons. The molecule has 0 radical (unpaired) electrons. The molecule has 0 bridgehead atoms. The molecule has 1 unspecified atom stereocenters. The number of thiazole rings is 1. The first kappa shape index (κ1) is 21.9. The van der Waals surface area contributed by atoms with E-state index in [4.69, 9.17) is 4.74 Å². The maximum absolute atomic E-state index is 12.5. The number of nitrogens with zero attached hydrogens (tertiary/aromatic N) is 3. The van der Waals surface area contributed by atoms with Gasteiger partial charge in [0.25, 0.3) is 5.91 Å². The van der Waals surface area contributed by atoms with Crippen molar-refractivity contribution in [3.8, 4) is 11.3 Å². The molecular weight excluding hydrogens is 412 g/mol. The first-order valence-electron chi connectivity index (χ1n) is 10.9. The second kappa shape index (κ2) is 9.46. The van der Waals surface area contributed by atoms with Gasteiger partial charge in [-0.05, 0) is 56.4 Å². The van der Waals surface area contributed by atoms with Gasteiger partial charge in [-0.2, -0.15) is 0 Å². The van der Waals surface area contributed by atoms with Crippen molar-refractivity contribution in [1.29, 1.82) is 0 Å². The minimum Gasteiger partial charge on any atom is -0.368 e. The molecule has 0 spiro atoms. The molecule has 1 N–H and O–H groups in total. The summed E-state index contributed by atoms with van der Waals surface area (Å²) in [5, 5.41) is 5.53. The van der Waals surface area contributed by atoms with Gasteiger partial charge in [0.15, 0.2) is 5.13 Å². The summed E-state index contributed by atoms with van der Waals surface area (Å²) in [7, 11) is 0. The Morgan fingerprint density at radius 3 is 2.58 bits per heavy atom. The van der Waals surface area contributed by atoms with Crippen molar-refractivity contribution >= 4 is 28.3 Å². The van der Waals surface area contributed by atoms with Crippen LogP contribution in [0.25, 0.3) is 11.3 Å². The minimum atomic E-state index is -0.269. The lowest BCUT2D eigenvalue weighted by molar-refractivity contribution is -0.142. The van der Waals surface area contributed by atoms with Crippen LogP contribution in [0.5, 0.6) is 0 Å². The van der Waals surface area contributed by atoms with E-state index in [-0.39, 0.29) is 17.9 Å². The van der Waals surface area contributed by atoms with Gasteiger partial charge < -0.3 is 15.0 Å². The maximum atomic E-state index is 12.5. The molecule has 2 aliphatic rings. The second-order valence-corrected chi connectivity index (χ2v) is 9.30. The van der Waals surface area contributed by atoms with Crippen molar-refractivity contribution in [1.82, 2.24) is 14.8 Å². The van der Waals surface area contributed by atoms with Crippen LogP contribution in [-0.4, -0.2) is 72.0 Å². The van der Waals surface area contributed by atoms with Crippen molar-refractivity contribution < 1.29 is 14.3 Å². The van der Waals surface area contributed by atoms with Crippen molar-refractivity contribution in [2.75, 3.05) is 44.6 Å². The highest BCUT2D eigenvalue weighted by atomic mass is 32.1. The fraction of sp³-hybridized carbons (Fsp3) is 0.522. The van der Waals surface area contributed by atoms with E-state index in [1.54, 1.807) is 0 Å². The number of anilines is 1. The molecule has 1 aromatic carbocycles. The molecule has 0 aliphatic carbocycles. The topological polar surface area (TPSA) is 74.8 Å². The Labute approximate surface area is 187 Å². The zero-order valence-electron chi connectivity index (χ0n) is 18.4. The zero-order valence-corrected chi connectivity index (χ0v) is 19.3. The number of ether oxygens (including phenoxy) is 1. The van der Waals surface area contributed by atoms with E-state index < -0.39 is 0 Å². The van der Waals surface area contributed by atoms with E-state index in [9.17, 15) is 9.59 Å². The molecule has 31 heavy (non-hydrogen) atoms. The van der Waals surface area contributed by atoms with Gasteiger partial charge >= 0.3 is 0 Å². The van der Waals surface area contributed by atoms with Crippen molar-refractivity contribution in [3.63, 3.8) is 0 Å². The normalized spacial score (nSPS) is 19.6. The summed E-state index contributed by atoms with van der Waals surface area (Å²) in [6.45, 7) is 9.94. The van der Waals surface area contributed by atoms with Crippen molar-refractivity contribution in [2.45, 2.75) is 39.7 Å². The average molecular weight is 443 g/mol. The highest BCUT2D eigenvalue weighted by Gasteiger charge is 2.30. The Morgan fingerprint density at radius 2 is 1.87 bits per heavy atom. The number of hydrogen-bond donors (Lipinski definition) is 1. The Balaban J connectivity index is 1.28. The van der Waals surface area contributed by atoms with E-state index in [1.165, 1.54) is 28.0 Å².